The van der Waals surface area contributed by atoms with Crippen molar-refractivity contribution in [3.05, 3.63) is 96.3 Å². The number of amides is 2. The summed E-state index contributed by atoms with van der Waals surface area (Å²) in [5.74, 6) is -1.51. The van der Waals surface area contributed by atoms with Gasteiger partial charge >= 0.3 is 0 Å². The third-order valence-corrected chi connectivity index (χ3v) is 7.12. The van der Waals surface area contributed by atoms with E-state index in [1.54, 1.807) is 37.3 Å². The Morgan fingerprint density at radius 1 is 0.912 bits per heavy atom. The maximum absolute atomic E-state index is 13.5. The Balaban J connectivity index is 1.99. The first-order valence-electron chi connectivity index (χ1n) is 10.6. The van der Waals surface area contributed by atoms with E-state index in [0.717, 1.165) is 34.1 Å². The Bertz CT molecular complexity index is 1220. The normalized spacial score (nSPS) is 12.0. The Hall–Kier alpha value is -3.72. The first-order valence-corrected chi connectivity index (χ1v) is 12.1. The highest BCUT2D eigenvalue weighted by Crippen LogP contribution is 2.24. The largest absolute Gasteiger partial charge is 0.357 e. The van der Waals surface area contributed by atoms with Crippen LogP contribution in [0.5, 0.6) is 0 Å². The van der Waals surface area contributed by atoms with Gasteiger partial charge in [0.25, 0.3) is 10.0 Å². The van der Waals surface area contributed by atoms with Gasteiger partial charge in [-0.2, -0.15) is 0 Å². The van der Waals surface area contributed by atoms with Crippen molar-refractivity contribution in [3.8, 4) is 0 Å². The van der Waals surface area contributed by atoms with Gasteiger partial charge < -0.3 is 10.2 Å². The molecule has 3 aromatic rings. The van der Waals surface area contributed by atoms with Crippen molar-refractivity contribution in [2.45, 2.75) is 24.4 Å². The molecule has 7 nitrogen and oxygen atoms in total. The minimum Gasteiger partial charge on any atom is -0.357 e. The number of benzene rings is 3. The molecule has 2 amide bonds. The summed E-state index contributed by atoms with van der Waals surface area (Å²) in [6.45, 7) is 1.16. The molecule has 1 atom stereocenters. The van der Waals surface area contributed by atoms with Gasteiger partial charge in [-0.3, -0.25) is 13.9 Å². The molecule has 0 heterocycles. The van der Waals surface area contributed by atoms with Gasteiger partial charge in [-0.25, -0.2) is 12.8 Å². The molecule has 0 bridgehead atoms. The summed E-state index contributed by atoms with van der Waals surface area (Å²) in [6.07, 6.45) is 0. The van der Waals surface area contributed by atoms with Crippen molar-refractivity contribution in [3.63, 3.8) is 0 Å². The second-order valence-electron chi connectivity index (χ2n) is 7.60. The molecule has 9 heteroatoms. The quantitative estimate of drug-likeness (QED) is 0.507. The van der Waals surface area contributed by atoms with Crippen LogP contribution in [0, 0.1) is 5.82 Å². The number of nitrogens with zero attached hydrogens (tertiary/aromatic N) is 2. The second kappa shape index (κ2) is 10.9. The first-order chi connectivity index (χ1) is 16.2. The number of rotatable bonds is 9. The lowest BCUT2D eigenvalue weighted by Gasteiger charge is -2.31. The van der Waals surface area contributed by atoms with E-state index in [4.69, 9.17) is 0 Å². The molecule has 0 fully saturated rings. The van der Waals surface area contributed by atoms with Crippen LogP contribution in [-0.2, 0) is 26.2 Å². The molecule has 0 saturated heterocycles. The number of para-hydroxylation sites is 1. The number of hydrogen-bond acceptors (Lipinski definition) is 4. The topological polar surface area (TPSA) is 86.8 Å². The lowest BCUT2D eigenvalue weighted by molar-refractivity contribution is -0.139. The van der Waals surface area contributed by atoms with E-state index in [1.165, 1.54) is 11.9 Å². The van der Waals surface area contributed by atoms with Gasteiger partial charge in [-0.1, -0.05) is 48.5 Å². The SMILES string of the molecule is CNC(=O)[C@H](C)N(Cc1ccccc1)C(=O)CN(c1ccccc1)S(=O)(=O)c1ccc(F)cc1. The van der Waals surface area contributed by atoms with Gasteiger partial charge in [-0.15, -0.1) is 0 Å². The molecule has 0 spiro atoms. The molecule has 1 N–H and O–H groups in total. The van der Waals surface area contributed by atoms with Crippen LogP contribution in [0.15, 0.2) is 89.8 Å². The highest BCUT2D eigenvalue weighted by molar-refractivity contribution is 7.92. The van der Waals surface area contributed by atoms with Crippen LogP contribution < -0.4 is 9.62 Å². The number of sulfonamides is 1. The van der Waals surface area contributed by atoms with Crippen molar-refractivity contribution in [1.82, 2.24) is 10.2 Å². The molecule has 0 aliphatic rings. The minimum atomic E-state index is -4.21. The van der Waals surface area contributed by atoms with E-state index in [2.05, 4.69) is 5.32 Å². The maximum atomic E-state index is 13.5. The van der Waals surface area contributed by atoms with E-state index in [-0.39, 0.29) is 23.0 Å². The average Bonchev–Trinajstić information content (AvgIpc) is 2.86. The van der Waals surface area contributed by atoms with Crippen LogP contribution in [0.2, 0.25) is 0 Å². The third-order valence-electron chi connectivity index (χ3n) is 5.33. The van der Waals surface area contributed by atoms with E-state index >= 15 is 0 Å². The zero-order valence-corrected chi connectivity index (χ0v) is 19.7. The summed E-state index contributed by atoms with van der Waals surface area (Å²) in [7, 11) is -2.73. The van der Waals surface area contributed by atoms with Crippen molar-refractivity contribution in [2.24, 2.45) is 0 Å². The summed E-state index contributed by atoms with van der Waals surface area (Å²) in [4.78, 5) is 27.1. The van der Waals surface area contributed by atoms with Gasteiger partial charge in [0.1, 0.15) is 18.4 Å². The van der Waals surface area contributed by atoms with Crippen LogP contribution in [-0.4, -0.2) is 44.8 Å². The molecule has 0 saturated carbocycles. The van der Waals surface area contributed by atoms with Gasteiger partial charge in [-0.05, 0) is 48.9 Å². The lowest BCUT2D eigenvalue weighted by Crippen LogP contribution is -2.50. The fourth-order valence-electron chi connectivity index (χ4n) is 3.43. The first kappa shape index (κ1) is 24.9. The molecular weight excluding hydrogens is 457 g/mol. The number of carbonyl (C=O) groups excluding carboxylic acids is 2. The Morgan fingerprint density at radius 3 is 2.03 bits per heavy atom. The third kappa shape index (κ3) is 5.79. The molecule has 3 rings (SSSR count). The summed E-state index contributed by atoms with van der Waals surface area (Å²) in [5, 5.41) is 2.53. The van der Waals surface area contributed by atoms with Crippen molar-refractivity contribution >= 4 is 27.5 Å². The molecule has 3 aromatic carbocycles. The number of likely N-dealkylation sites (N-methyl/N-ethyl adjacent to an activating group) is 1. The molecule has 178 valence electrons. The predicted molar refractivity (Wildman–Crippen MR) is 128 cm³/mol. The van der Waals surface area contributed by atoms with E-state index in [9.17, 15) is 22.4 Å². The van der Waals surface area contributed by atoms with Crippen LogP contribution in [0.3, 0.4) is 0 Å². The van der Waals surface area contributed by atoms with Crippen molar-refractivity contribution in [1.29, 1.82) is 0 Å². The van der Waals surface area contributed by atoms with Crippen molar-refractivity contribution in [2.75, 3.05) is 17.9 Å². The maximum Gasteiger partial charge on any atom is 0.264 e. The average molecular weight is 484 g/mol. The smallest absolute Gasteiger partial charge is 0.264 e. The molecule has 0 unspecified atom stereocenters. The van der Waals surface area contributed by atoms with E-state index < -0.39 is 34.3 Å². The monoisotopic (exact) mass is 483 g/mol. The molecule has 0 aliphatic heterocycles. The summed E-state index contributed by atoms with van der Waals surface area (Å²) in [6, 6.07) is 20.8. The van der Waals surface area contributed by atoms with Crippen LogP contribution in [0.4, 0.5) is 10.1 Å². The second-order valence-corrected chi connectivity index (χ2v) is 9.46. The Kier molecular flexibility index (Phi) is 8.01. The summed E-state index contributed by atoms with van der Waals surface area (Å²) in [5.41, 5.74) is 1.06. The van der Waals surface area contributed by atoms with Gasteiger partial charge in [0, 0.05) is 13.6 Å². The highest BCUT2D eigenvalue weighted by Gasteiger charge is 2.32. The Labute approximate surface area is 198 Å². The fraction of sp³-hybridized carbons (Fsp3) is 0.200. The predicted octanol–water partition coefficient (Wildman–Crippen LogP) is 3.18. The molecule has 0 radical (unpaired) electrons. The number of nitrogens with one attached hydrogen (secondary N) is 1. The van der Waals surface area contributed by atoms with Gasteiger partial charge in [0.2, 0.25) is 11.8 Å². The van der Waals surface area contributed by atoms with Gasteiger partial charge in [0.05, 0.1) is 10.6 Å². The minimum absolute atomic E-state index is 0.119. The number of hydrogen-bond donors (Lipinski definition) is 1. The fourth-order valence-corrected chi connectivity index (χ4v) is 4.84. The number of halogens is 1. The van der Waals surface area contributed by atoms with Gasteiger partial charge in [0.15, 0.2) is 0 Å². The summed E-state index contributed by atoms with van der Waals surface area (Å²) >= 11 is 0. The van der Waals surface area contributed by atoms with Crippen LogP contribution in [0.1, 0.15) is 12.5 Å². The highest BCUT2D eigenvalue weighted by atomic mass is 32.2. The number of carbonyl (C=O) groups is 2. The zero-order chi connectivity index (χ0) is 24.7. The molecule has 34 heavy (non-hydrogen) atoms. The Morgan fingerprint density at radius 2 is 1.47 bits per heavy atom. The van der Waals surface area contributed by atoms with Crippen molar-refractivity contribution < 1.29 is 22.4 Å². The van der Waals surface area contributed by atoms with E-state index in [1.807, 2.05) is 30.3 Å². The van der Waals surface area contributed by atoms with E-state index in [0.29, 0.717) is 0 Å². The lowest BCUT2D eigenvalue weighted by atomic mass is 10.1. The molecule has 0 aromatic heterocycles. The van der Waals surface area contributed by atoms with Crippen LogP contribution >= 0.6 is 0 Å². The van der Waals surface area contributed by atoms with Crippen LogP contribution in [0.25, 0.3) is 0 Å². The molecular formula is C25H26FN3O4S. The summed E-state index contributed by atoms with van der Waals surface area (Å²) < 4.78 is 41.3. The number of anilines is 1. The standard InChI is InChI=1S/C25H26FN3O4S/c1-19(25(31)27-2)28(17-20-9-5-3-6-10-20)24(30)18-29(22-11-7-4-8-12-22)34(32,33)23-15-13-21(26)14-16-23/h3-16,19H,17-18H2,1-2H3,(H,27,31)/t19-/m0/s1. The molecule has 0 aliphatic carbocycles. The zero-order valence-electron chi connectivity index (χ0n) is 18.9.